The lowest BCUT2D eigenvalue weighted by Gasteiger charge is -2.30. The summed E-state index contributed by atoms with van der Waals surface area (Å²) in [5.41, 5.74) is 4.67. The Morgan fingerprint density at radius 3 is 1.89 bits per heavy atom. The lowest BCUT2D eigenvalue weighted by molar-refractivity contribution is -0.131. The summed E-state index contributed by atoms with van der Waals surface area (Å²) in [4.78, 5) is 10.7. The molecule has 0 unspecified atom stereocenters. The molecule has 1 aliphatic carbocycles. The van der Waals surface area contributed by atoms with E-state index < -0.39 is 14.8 Å². The van der Waals surface area contributed by atoms with Gasteiger partial charge in [-0.25, -0.2) is 4.79 Å². The summed E-state index contributed by atoms with van der Waals surface area (Å²) >= 11 is 0. The third-order valence-electron chi connectivity index (χ3n) is 7.33. The van der Waals surface area contributed by atoms with Crippen molar-refractivity contribution >= 4 is 20.8 Å². The van der Waals surface area contributed by atoms with Crippen LogP contribution in [0.15, 0.2) is 54.6 Å². The smallest absolute Gasteiger partial charge is 0.478 e. The standard InChI is InChI=1S/C31H44O5Si/c1-4-34-37(35-5-2,36-6-3)24-8-7-9-25-10-15-27(16-11-25)29-19-21-30(22-20-29)28-17-12-26(13-18-28)14-23-31(32)33/h12-14,17-23,25,27H,4-11,15-16,24H2,1-3H3,(H,32,33)/b23-14+/t25-,27-. The Morgan fingerprint density at radius 1 is 0.838 bits per heavy atom. The van der Waals surface area contributed by atoms with Crippen LogP contribution in [-0.4, -0.2) is 39.7 Å². The zero-order chi connectivity index (χ0) is 26.5. The SMILES string of the molecule is CCO[Si](CCCC[C@H]1CC[C@H](c2ccc(-c3ccc(/C=C/C(=O)O)cc3)cc2)CC1)(OCC)OCC. The molecule has 0 aromatic heterocycles. The first-order chi connectivity index (χ1) is 18.0. The van der Waals surface area contributed by atoms with Crippen LogP contribution in [0.3, 0.4) is 0 Å². The maximum Gasteiger partial charge on any atom is 0.500 e. The van der Waals surface area contributed by atoms with E-state index >= 15 is 0 Å². The predicted octanol–water partition coefficient (Wildman–Crippen LogP) is 7.94. The number of rotatable bonds is 15. The van der Waals surface area contributed by atoms with Gasteiger partial charge in [0.1, 0.15) is 0 Å². The van der Waals surface area contributed by atoms with E-state index in [1.807, 2.05) is 45.0 Å². The van der Waals surface area contributed by atoms with Gasteiger partial charge in [0.25, 0.3) is 0 Å². The summed E-state index contributed by atoms with van der Waals surface area (Å²) in [6.45, 7) is 8.01. The van der Waals surface area contributed by atoms with Crippen molar-refractivity contribution in [1.29, 1.82) is 0 Å². The number of benzene rings is 2. The molecule has 6 heteroatoms. The first kappa shape index (κ1) is 29.3. The van der Waals surface area contributed by atoms with E-state index in [1.165, 1.54) is 49.7 Å². The highest BCUT2D eigenvalue weighted by molar-refractivity contribution is 6.60. The molecule has 3 rings (SSSR count). The van der Waals surface area contributed by atoms with Gasteiger partial charge in [-0.3, -0.25) is 0 Å². The molecule has 2 aromatic carbocycles. The molecule has 37 heavy (non-hydrogen) atoms. The van der Waals surface area contributed by atoms with Crippen molar-refractivity contribution in [2.24, 2.45) is 5.92 Å². The molecule has 0 amide bonds. The highest BCUT2D eigenvalue weighted by Crippen LogP contribution is 2.38. The van der Waals surface area contributed by atoms with Crippen LogP contribution >= 0.6 is 0 Å². The number of hydrogen-bond acceptors (Lipinski definition) is 4. The monoisotopic (exact) mass is 524 g/mol. The van der Waals surface area contributed by atoms with E-state index in [4.69, 9.17) is 18.4 Å². The van der Waals surface area contributed by atoms with Gasteiger partial charge in [0.2, 0.25) is 0 Å². The highest BCUT2D eigenvalue weighted by atomic mass is 28.4. The van der Waals surface area contributed by atoms with E-state index in [1.54, 1.807) is 6.08 Å². The van der Waals surface area contributed by atoms with Gasteiger partial charge in [-0.2, -0.15) is 0 Å². The summed E-state index contributed by atoms with van der Waals surface area (Å²) in [6.07, 6.45) is 11.6. The van der Waals surface area contributed by atoms with Crippen LogP contribution in [0, 0.1) is 5.92 Å². The number of aliphatic carboxylic acids is 1. The average molecular weight is 525 g/mol. The fraction of sp³-hybridized carbons (Fsp3) is 0.516. The van der Waals surface area contributed by atoms with Crippen LogP contribution in [0.1, 0.15) is 82.8 Å². The van der Waals surface area contributed by atoms with Crippen LogP contribution in [-0.2, 0) is 18.1 Å². The van der Waals surface area contributed by atoms with Crippen molar-refractivity contribution in [1.82, 2.24) is 0 Å². The minimum absolute atomic E-state index is 0.649. The van der Waals surface area contributed by atoms with Crippen LogP contribution < -0.4 is 0 Å². The van der Waals surface area contributed by atoms with Crippen LogP contribution in [0.2, 0.25) is 6.04 Å². The van der Waals surface area contributed by atoms with Gasteiger partial charge in [0.15, 0.2) is 0 Å². The third kappa shape index (κ3) is 9.22. The third-order valence-corrected chi connectivity index (χ3v) is 10.5. The van der Waals surface area contributed by atoms with Crippen molar-refractivity contribution in [2.75, 3.05) is 19.8 Å². The molecule has 0 atom stereocenters. The molecular weight excluding hydrogens is 480 g/mol. The summed E-state index contributed by atoms with van der Waals surface area (Å²) in [6, 6.07) is 17.9. The summed E-state index contributed by atoms with van der Waals surface area (Å²) in [5, 5.41) is 8.78. The Bertz CT molecular complexity index is 945. The van der Waals surface area contributed by atoms with E-state index in [9.17, 15) is 4.79 Å². The molecule has 1 fully saturated rings. The van der Waals surface area contributed by atoms with E-state index in [-0.39, 0.29) is 0 Å². The molecular formula is C31H44O5Si. The Labute approximate surface area is 224 Å². The lowest BCUT2D eigenvalue weighted by atomic mass is 9.77. The molecule has 0 heterocycles. The zero-order valence-corrected chi connectivity index (χ0v) is 23.8. The molecule has 202 valence electrons. The molecule has 0 aliphatic heterocycles. The lowest BCUT2D eigenvalue weighted by Crippen LogP contribution is -2.45. The van der Waals surface area contributed by atoms with Crippen molar-refractivity contribution in [3.8, 4) is 11.1 Å². The Hall–Kier alpha value is -2.25. The van der Waals surface area contributed by atoms with Crippen LogP contribution in [0.5, 0.6) is 0 Å². The van der Waals surface area contributed by atoms with E-state index in [2.05, 4.69) is 24.3 Å². The zero-order valence-electron chi connectivity index (χ0n) is 22.8. The van der Waals surface area contributed by atoms with Crippen molar-refractivity contribution in [2.45, 2.75) is 77.7 Å². The number of carboxylic acids is 1. The molecule has 1 aliphatic rings. The van der Waals surface area contributed by atoms with Gasteiger partial charge in [-0.05, 0) is 93.0 Å². The number of carbonyl (C=O) groups is 1. The number of unbranched alkanes of at least 4 members (excludes halogenated alkanes) is 1. The predicted molar refractivity (Wildman–Crippen MR) is 153 cm³/mol. The second-order valence-corrected chi connectivity index (χ2v) is 12.6. The molecule has 2 aromatic rings. The van der Waals surface area contributed by atoms with Crippen molar-refractivity contribution in [3.63, 3.8) is 0 Å². The maximum absolute atomic E-state index is 10.7. The quantitative estimate of drug-likeness (QED) is 0.145. The van der Waals surface area contributed by atoms with Crippen molar-refractivity contribution in [3.05, 3.63) is 65.7 Å². The first-order valence-corrected chi connectivity index (χ1v) is 15.9. The summed E-state index contributed by atoms with van der Waals surface area (Å²) in [5.74, 6) is 0.549. The first-order valence-electron chi connectivity index (χ1n) is 14.0. The second-order valence-electron chi connectivity index (χ2n) is 9.86. The van der Waals surface area contributed by atoms with Gasteiger partial charge in [-0.15, -0.1) is 0 Å². The Morgan fingerprint density at radius 2 is 1.38 bits per heavy atom. The van der Waals surface area contributed by atoms with Gasteiger partial charge < -0.3 is 18.4 Å². The van der Waals surface area contributed by atoms with Gasteiger partial charge in [-0.1, -0.05) is 61.4 Å². The fourth-order valence-electron chi connectivity index (χ4n) is 5.46. The van der Waals surface area contributed by atoms with Crippen molar-refractivity contribution < 1.29 is 23.2 Å². The summed E-state index contributed by atoms with van der Waals surface area (Å²) in [7, 11) is -2.50. The van der Waals surface area contributed by atoms with Gasteiger partial charge >= 0.3 is 14.8 Å². The molecule has 1 saturated carbocycles. The molecule has 0 radical (unpaired) electrons. The minimum Gasteiger partial charge on any atom is -0.478 e. The van der Waals surface area contributed by atoms with E-state index in [0.717, 1.165) is 35.6 Å². The van der Waals surface area contributed by atoms with Crippen LogP contribution in [0.4, 0.5) is 0 Å². The van der Waals surface area contributed by atoms with E-state index in [0.29, 0.717) is 25.7 Å². The summed E-state index contributed by atoms with van der Waals surface area (Å²) < 4.78 is 18.0. The minimum atomic E-state index is -2.50. The molecule has 1 N–H and O–H groups in total. The molecule has 0 saturated heterocycles. The van der Waals surface area contributed by atoms with Gasteiger partial charge in [0, 0.05) is 31.9 Å². The number of hydrogen-bond donors (Lipinski definition) is 1. The normalized spacial score (nSPS) is 18.4. The fourth-order valence-corrected chi connectivity index (χ4v) is 8.15. The maximum atomic E-state index is 10.7. The topological polar surface area (TPSA) is 65.0 Å². The van der Waals surface area contributed by atoms with Crippen LogP contribution in [0.25, 0.3) is 17.2 Å². The Balaban J connectivity index is 1.44. The van der Waals surface area contributed by atoms with Gasteiger partial charge in [0.05, 0.1) is 0 Å². The second kappa shape index (κ2) is 15.2. The Kier molecular flexibility index (Phi) is 12.1. The highest BCUT2D eigenvalue weighted by Gasteiger charge is 2.39. The molecule has 5 nitrogen and oxygen atoms in total. The molecule has 0 spiro atoms. The molecule has 0 bridgehead atoms. The number of carboxylic acid groups (broad SMARTS) is 1. The average Bonchev–Trinajstić information content (AvgIpc) is 2.91. The largest absolute Gasteiger partial charge is 0.500 e.